The molecule has 76 valence electrons. The maximum Gasteiger partial charge on any atom is 0.109 e. The minimum Gasteiger partial charge on any atom is -0.469 e. The lowest BCUT2D eigenvalue weighted by atomic mass is 9.58. The van der Waals surface area contributed by atoms with Gasteiger partial charge in [-0.3, -0.25) is 0 Å². The van der Waals surface area contributed by atoms with Crippen LogP contribution in [0.5, 0.6) is 0 Å². The van der Waals surface area contributed by atoms with Gasteiger partial charge in [-0.15, -0.1) is 0 Å². The van der Waals surface area contributed by atoms with E-state index in [0.29, 0.717) is 0 Å². The van der Waals surface area contributed by atoms with Gasteiger partial charge in [-0.05, 0) is 50.7 Å². The van der Waals surface area contributed by atoms with Crippen LogP contribution in [-0.2, 0) is 5.41 Å². The lowest BCUT2D eigenvalue weighted by molar-refractivity contribution is -0.0704. The van der Waals surface area contributed by atoms with Gasteiger partial charge in [0.1, 0.15) is 5.76 Å². The van der Waals surface area contributed by atoms with Crippen LogP contribution in [-0.4, -0.2) is 10.7 Å². The van der Waals surface area contributed by atoms with Crippen LogP contribution in [0.3, 0.4) is 0 Å². The molecule has 0 radical (unpaired) electrons. The molecule has 3 aliphatic rings. The third-order valence-corrected chi connectivity index (χ3v) is 4.25. The van der Waals surface area contributed by atoms with E-state index in [1.54, 1.807) is 6.26 Å². The van der Waals surface area contributed by atoms with Crippen molar-refractivity contribution >= 4 is 0 Å². The molecule has 4 rings (SSSR count). The maximum absolute atomic E-state index is 10.1. The van der Waals surface area contributed by atoms with Crippen molar-refractivity contribution in [2.24, 2.45) is 0 Å². The fraction of sp³-hybridized carbons (Fsp3) is 0.667. The predicted molar refractivity (Wildman–Crippen MR) is 53.0 cm³/mol. The summed E-state index contributed by atoms with van der Waals surface area (Å²) >= 11 is 0. The molecule has 0 spiro atoms. The quantitative estimate of drug-likeness (QED) is 0.742. The summed E-state index contributed by atoms with van der Waals surface area (Å²) in [5, 5.41) is 10.1. The van der Waals surface area contributed by atoms with Gasteiger partial charge in [-0.1, -0.05) is 0 Å². The lowest BCUT2D eigenvalue weighted by Gasteiger charge is -2.49. The Morgan fingerprint density at radius 2 is 1.71 bits per heavy atom. The van der Waals surface area contributed by atoms with Crippen LogP contribution in [0.1, 0.15) is 44.3 Å². The number of fused-ring (bicyclic) bond motifs is 3. The molecular weight excluding hydrogens is 176 g/mol. The van der Waals surface area contributed by atoms with Crippen molar-refractivity contribution in [2.45, 2.75) is 49.5 Å². The molecule has 1 aromatic heterocycles. The zero-order chi connectivity index (χ0) is 9.65. The molecule has 2 heteroatoms. The molecule has 3 saturated carbocycles. The molecule has 0 aromatic carbocycles. The molecule has 2 bridgehead atoms. The Bertz CT molecular complexity index is 302. The van der Waals surface area contributed by atoms with E-state index in [1.807, 2.05) is 6.07 Å². The minimum atomic E-state index is -0.339. The molecule has 2 nitrogen and oxygen atoms in total. The van der Waals surface area contributed by atoms with Crippen molar-refractivity contribution < 1.29 is 9.52 Å². The van der Waals surface area contributed by atoms with Crippen molar-refractivity contribution in [3.8, 4) is 0 Å². The highest BCUT2D eigenvalue weighted by atomic mass is 16.3. The van der Waals surface area contributed by atoms with Gasteiger partial charge < -0.3 is 9.52 Å². The van der Waals surface area contributed by atoms with Crippen molar-refractivity contribution in [1.82, 2.24) is 0 Å². The summed E-state index contributed by atoms with van der Waals surface area (Å²) in [4.78, 5) is 0. The van der Waals surface area contributed by atoms with Crippen molar-refractivity contribution in [1.29, 1.82) is 0 Å². The molecule has 0 atom stereocenters. The Hall–Kier alpha value is -0.760. The summed E-state index contributed by atoms with van der Waals surface area (Å²) in [6.07, 6.45) is 7.90. The van der Waals surface area contributed by atoms with Crippen LogP contribution in [0.15, 0.2) is 22.8 Å². The molecule has 3 aliphatic carbocycles. The summed E-state index contributed by atoms with van der Waals surface area (Å²) in [5.74, 6) is 1.14. The van der Waals surface area contributed by atoms with E-state index < -0.39 is 0 Å². The molecule has 0 saturated heterocycles. The van der Waals surface area contributed by atoms with E-state index in [2.05, 4.69) is 6.07 Å². The smallest absolute Gasteiger partial charge is 0.109 e. The average molecular weight is 192 g/mol. The Morgan fingerprint density at radius 1 is 1.07 bits per heavy atom. The van der Waals surface area contributed by atoms with E-state index in [9.17, 15) is 5.11 Å². The Morgan fingerprint density at radius 3 is 2.21 bits per heavy atom. The van der Waals surface area contributed by atoms with Gasteiger partial charge in [0.05, 0.1) is 11.9 Å². The molecule has 0 amide bonds. The van der Waals surface area contributed by atoms with Gasteiger partial charge in [0.2, 0.25) is 0 Å². The average Bonchev–Trinajstić information content (AvgIpc) is 2.73. The zero-order valence-corrected chi connectivity index (χ0v) is 8.33. The Labute approximate surface area is 83.9 Å². The van der Waals surface area contributed by atoms with Gasteiger partial charge >= 0.3 is 0 Å². The van der Waals surface area contributed by atoms with Crippen molar-refractivity contribution in [2.75, 3.05) is 0 Å². The van der Waals surface area contributed by atoms with Crippen molar-refractivity contribution in [3.05, 3.63) is 24.2 Å². The highest BCUT2D eigenvalue weighted by Gasteiger charge is 2.49. The van der Waals surface area contributed by atoms with Crippen LogP contribution in [0, 0.1) is 0 Å². The number of rotatable bonds is 1. The third-order valence-electron chi connectivity index (χ3n) is 4.25. The molecule has 1 aromatic rings. The summed E-state index contributed by atoms with van der Waals surface area (Å²) in [6.45, 7) is 0. The first-order valence-electron chi connectivity index (χ1n) is 5.49. The lowest BCUT2D eigenvalue weighted by Crippen LogP contribution is -2.47. The number of hydrogen-bond acceptors (Lipinski definition) is 2. The van der Waals surface area contributed by atoms with E-state index >= 15 is 0 Å². The van der Waals surface area contributed by atoms with Gasteiger partial charge in [-0.25, -0.2) is 0 Å². The predicted octanol–water partition coefficient (Wildman–Crippen LogP) is 2.62. The van der Waals surface area contributed by atoms with Crippen LogP contribution in [0.25, 0.3) is 0 Å². The van der Waals surface area contributed by atoms with Gasteiger partial charge in [0.25, 0.3) is 0 Å². The minimum absolute atomic E-state index is 0.258. The largest absolute Gasteiger partial charge is 0.469 e. The molecule has 14 heavy (non-hydrogen) atoms. The van der Waals surface area contributed by atoms with Crippen LogP contribution < -0.4 is 0 Å². The SMILES string of the molecule is OC12CCC(c3ccco3)(CC1)CC2. The Kier molecular flexibility index (Phi) is 1.61. The second kappa shape index (κ2) is 2.63. The maximum atomic E-state index is 10.1. The van der Waals surface area contributed by atoms with Gasteiger partial charge in [0.15, 0.2) is 0 Å². The fourth-order valence-electron chi connectivity index (χ4n) is 3.12. The van der Waals surface area contributed by atoms with E-state index in [-0.39, 0.29) is 11.0 Å². The van der Waals surface area contributed by atoms with E-state index in [1.165, 1.54) is 0 Å². The molecule has 3 fully saturated rings. The number of furan rings is 1. The molecule has 1 heterocycles. The van der Waals surface area contributed by atoms with Crippen LogP contribution >= 0.6 is 0 Å². The van der Waals surface area contributed by atoms with Crippen LogP contribution in [0.4, 0.5) is 0 Å². The first-order chi connectivity index (χ1) is 6.73. The normalized spacial score (nSPS) is 41.5. The first kappa shape index (κ1) is 8.54. The van der Waals surface area contributed by atoms with E-state index in [4.69, 9.17) is 4.42 Å². The number of hydrogen-bond donors (Lipinski definition) is 1. The summed E-state index contributed by atoms with van der Waals surface area (Å²) < 4.78 is 5.54. The van der Waals surface area contributed by atoms with Crippen molar-refractivity contribution in [3.63, 3.8) is 0 Å². The zero-order valence-electron chi connectivity index (χ0n) is 8.33. The van der Waals surface area contributed by atoms with E-state index in [0.717, 1.165) is 44.3 Å². The third kappa shape index (κ3) is 1.07. The molecule has 1 N–H and O–H groups in total. The molecule has 0 aliphatic heterocycles. The summed E-state index contributed by atoms with van der Waals surface area (Å²) in [5.41, 5.74) is -0.0810. The highest BCUT2D eigenvalue weighted by molar-refractivity contribution is 5.19. The monoisotopic (exact) mass is 192 g/mol. The summed E-state index contributed by atoms with van der Waals surface area (Å²) in [7, 11) is 0. The fourth-order valence-corrected chi connectivity index (χ4v) is 3.12. The second-order valence-corrected chi connectivity index (χ2v) is 4.98. The standard InChI is InChI=1S/C12H16O2/c13-12-6-3-11(4-7-12,5-8-12)10-2-1-9-14-10/h1-2,9,13H,3-8H2. The molecular formula is C12H16O2. The van der Waals surface area contributed by atoms with Crippen LogP contribution in [0.2, 0.25) is 0 Å². The molecule has 0 unspecified atom stereocenters. The Balaban J connectivity index is 1.93. The topological polar surface area (TPSA) is 33.4 Å². The highest BCUT2D eigenvalue weighted by Crippen LogP contribution is 2.53. The summed E-state index contributed by atoms with van der Waals surface area (Å²) in [6, 6.07) is 4.06. The number of aliphatic hydroxyl groups is 1. The second-order valence-electron chi connectivity index (χ2n) is 4.98. The van der Waals surface area contributed by atoms with Gasteiger partial charge in [0, 0.05) is 5.41 Å². The van der Waals surface area contributed by atoms with Gasteiger partial charge in [-0.2, -0.15) is 0 Å². The first-order valence-corrected chi connectivity index (χ1v) is 5.49.